The molecule has 0 spiro atoms. The largest absolute Gasteiger partial charge is 0.465 e. The number of pyridine rings is 1. The number of ether oxygens (including phenoxy) is 1. The summed E-state index contributed by atoms with van der Waals surface area (Å²) in [6.45, 7) is 0. The molecule has 166 valence electrons. The van der Waals surface area contributed by atoms with Gasteiger partial charge in [0.25, 0.3) is 0 Å². The first-order chi connectivity index (χ1) is 16.1. The van der Waals surface area contributed by atoms with Crippen molar-refractivity contribution in [2.75, 3.05) is 18.2 Å². The highest BCUT2D eigenvalue weighted by Crippen LogP contribution is 2.34. The van der Waals surface area contributed by atoms with Crippen LogP contribution in [0.15, 0.2) is 65.7 Å². The van der Waals surface area contributed by atoms with Crippen LogP contribution in [-0.4, -0.2) is 29.7 Å². The van der Waals surface area contributed by atoms with Crippen LogP contribution in [0.3, 0.4) is 0 Å². The molecule has 0 saturated carbocycles. The molecule has 1 atom stereocenters. The van der Waals surface area contributed by atoms with Crippen LogP contribution in [-0.2, 0) is 22.4 Å². The van der Waals surface area contributed by atoms with Gasteiger partial charge in [0, 0.05) is 11.4 Å². The smallest absolute Gasteiger partial charge is 0.337 e. The van der Waals surface area contributed by atoms with Gasteiger partial charge in [0.1, 0.15) is 11.1 Å². The summed E-state index contributed by atoms with van der Waals surface area (Å²) < 4.78 is 4.67. The van der Waals surface area contributed by atoms with Crippen LogP contribution in [0.5, 0.6) is 0 Å². The van der Waals surface area contributed by atoms with Crippen molar-refractivity contribution in [2.24, 2.45) is 0 Å². The van der Waals surface area contributed by atoms with Gasteiger partial charge in [-0.25, -0.2) is 9.78 Å². The zero-order valence-corrected chi connectivity index (χ0v) is 19.0. The van der Waals surface area contributed by atoms with E-state index in [4.69, 9.17) is 4.98 Å². The second-order valence-electron chi connectivity index (χ2n) is 7.81. The molecule has 0 fully saturated rings. The van der Waals surface area contributed by atoms with E-state index in [1.807, 2.05) is 12.1 Å². The van der Waals surface area contributed by atoms with E-state index in [0.717, 1.165) is 30.5 Å². The number of anilines is 1. The molecule has 33 heavy (non-hydrogen) atoms. The maximum absolute atomic E-state index is 12.4. The maximum atomic E-state index is 12.4. The molecule has 1 aliphatic carbocycles. The summed E-state index contributed by atoms with van der Waals surface area (Å²) >= 11 is 1.26. The average molecular weight is 458 g/mol. The minimum absolute atomic E-state index is 0.131. The third kappa shape index (κ3) is 5.41. The van der Waals surface area contributed by atoms with Gasteiger partial charge in [-0.15, -0.1) is 0 Å². The van der Waals surface area contributed by atoms with E-state index in [2.05, 4.69) is 40.4 Å². The Morgan fingerprint density at radius 3 is 2.64 bits per heavy atom. The standard InChI is InChI=1S/C26H23N3O3S/c1-32-26(31)18-7-10-22(11-8-18)28-24(30)16-33-25-21(15-27)14-20-13-19(9-12-23(20)29-25)17-5-3-2-4-6-17/h2-8,10-11,14,19H,9,12-13,16H2,1H3,(H,28,30)/t19-/m0/s1. The van der Waals surface area contributed by atoms with Gasteiger partial charge in [0.2, 0.25) is 5.91 Å². The third-order valence-corrected chi connectivity index (χ3v) is 6.66. The van der Waals surface area contributed by atoms with Gasteiger partial charge in [0.15, 0.2) is 0 Å². The Morgan fingerprint density at radius 2 is 1.94 bits per heavy atom. The van der Waals surface area contributed by atoms with E-state index < -0.39 is 5.97 Å². The molecule has 0 radical (unpaired) electrons. The van der Waals surface area contributed by atoms with Gasteiger partial charge in [-0.3, -0.25) is 4.79 Å². The molecule has 0 saturated heterocycles. The number of aromatic nitrogens is 1. The summed E-state index contributed by atoms with van der Waals surface area (Å²) in [5, 5.41) is 13.0. The van der Waals surface area contributed by atoms with Crippen LogP contribution in [0.4, 0.5) is 5.69 Å². The molecule has 1 amide bonds. The second kappa shape index (κ2) is 10.3. The average Bonchev–Trinajstić information content (AvgIpc) is 2.87. The minimum Gasteiger partial charge on any atom is -0.465 e. The van der Waals surface area contributed by atoms with Crippen LogP contribution in [0.1, 0.15) is 45.1 Å². The molecule has 4 rings (SSSR count). The first-order valence-corrected chi connectivity index (χ1v) is 11.6. The first kappa shape index (κ1) is 22.6. The Balaban J connectivity index is 1.40. The molecule has 6 nitrogen and oxygen atoms in total. The van der Waals surface area contributed by atoms with Crippen molar-refractivity contribution < 1.29 is 14.3 Å². The Morgan fingerprint density at radius 1 is 1.18 bits per heavy atom. The van der Waals surface area contributed by atoms with E-state index in [1.165, 1.54) is 24.4 Å². The molecule has 1 aromatic heterocycles. The van der Waals surface area contributed by atoms with Crippen LogP contribution >= 0.6 is 11.8 Å². The Labute approximate surface area is 197 Å². The highest BCUT2D eigenvalue weighted by atomic mass is 32.2. The van der Waals surface area contributed by atoms with Gasteiger partial charge in [-0.2, -0.15) is 5.26 Å². The van der Waals surface area contributed by atoms with E-state index in [1.54, 1.807) is 24.3 Å². The van der Waals surface area contributed by atoms with Crippen LogP contribution in [0.25, 0.3) is 0 Å². The SMILES string of the molecule is COC(=O)c1ccc(NC(=O)CSc2nc3c(cc2C#N)C[C@@H](c2ccccc2)CC3)cc1. The highest BCUT2D eigenvalue weighted by molar-refractivity contribution is 8.00. The topological polar surface area (TPSA) is 92.1 Å². The van der Waals surface area contributed by atoms with Crippen molar-refractivity contribution in [2.45, 2.75) is 30.2 Å². The van der Waals surface area contributed by atoms with Crippen molar-refractivity contribution in [3.05, 3.63) is 88.6 Å². The second-order valence-corrected chi connectivity index (χ2v) is 8.78. The Kier molecular flexibility index (Phi) is 7.06. The summed E-state index contributed by atoms with van der Waals surface area (Å²) in [6, 6.07) is 21.1. The van der Waals surface area contributed by atoms with Crippen LogP contribution in [0, 0.1) is 11.3 Å². The summed E-state index contributed by atoms with van der Waals surface area (Å²) in [5.74, 6) is -0.0763. The number of nitrogens with zero attached hydrogens (tertiary/aromatic N) is 2. The number of aryl methyl sites for hydroxylation is 1. The summed E-state index contributed by atoms with van der Waals surface area (Å²) in [6.07, 6.45) is 2.74. The lowest BCUT2D eigenvalue weighted by Crippen LogP contribution is -2.16. The van der Waals surface area contributed by atoms with Gasteiger partial charge in [-0.05, 0) is 66.6 Å². The number of thioether (sulfide) groups is 1. The van der Waals surface area contributed by atoms with Gasteiger partial charge in [-0.1, -0.05) is 42.1 Å². The molecule has 2 aromatic carbocycles. The Hall–Kier alpha value is -3.63. The summed E-state index contributed by atoms with van der Waals surface area (Å²) in [5.41, 5.74) is 4.95. The number of fused-ring (bicyclic) bond motifs is 1. The number of hydrogen-bond donors (Lipinski definition) is 1. The van der Waals surface area contributed by atoms with Crippen LogP contribution in [0.2, 0.25) is 0 Å². The fourth-order valence-corrected chi connectivity index (χ4v) is 4.76. The molecule has 1 N–H and O–H groups in total. The fraction of sp³-hybridized carbons (Fsp3) is 0.231. The van der Waals surface area contributed by atoms with Crippen molar-refractivity contribution >= 4 is 29.3 Å². The first-order valence-electron chi connectivity index (χ1n) is 10.7. The fourth-order valence-electron chi connectivity index (χ4n) is 3.98. The molecular weight excluding hydrogens is 434 g/mol. The predicted molar refractivity (Wildman–Crippen MR) is 127 cm³/mol. The number of nitrogens with one attached hydrogen (secondary N) is 1. The number of carbonyl (C=O) groups excluding carboxylic acids is 2. The molecule has 0 aliphatic heterocycles. The number of hydrogen-bond acceptors (Lipinski definition) is 6. The number of carbonyl (C=O) groups is 2. The van der Waals surface area contributed by atoms with Crippen molar-refractivity contribution in [3.8, 4) is 6.07 Å². The number of amides is 1. The van der Waals surface area contributed by atoms with E-state index >= 15 is 0 Å². The molecule has 1 heterocycles. The van der Waals surface area contributed by atoms with E-state index in [-0.39, 0.29) is 11.7 Å². The number of esters is 1. The molecule has 0 bridgehead atoms. The zero-order chi connectivity index (χ0) is 23.2. The molecule has 7 heteroatoms. The zero-order valence-electron chi connectivity index (χ0n) is 18.2. The lowest BCUT2D eigenvalue weighted by atomic mass is 9.82. The number of rotatable bonds is 6. The quantitative estimate of drug-likeness (QED) is 0.424. The summed E-state index contributed by atoms with van der Waals surface area (Å²) in [4.78, 5) is 28.7. The summed E-state index contributed by atoms with van der Waals surface area (Å²) in [7, 11) is 1.32. The van der Waals surface area contributed by atoms with Gasteiger partial charge in [0.05, 0.1) is 24.0 Å². The highest BCUT2D eigenvalue weighted by Gasteiger charge is 2.23. The number of methoxy groups -OCH3 is 1. The molecular formula is C26H23N3O3S. The normalized spacial score (nSPS) is 14.6. The van der Waals surface area contributed by atoms with Crippen molar-refractivity contribution in [3.63, 3.8) is 0 Å². The molecule has 1 aliphatic rings. The van der Waals surface area contributed by atoms with E-state index in [9.17, 15) is 14.9 Å². The number of benzene rings is 2. The molecule has 0 unspecified atom stereocenters. The van der Waals surface area contributed by atoms with E-state index in [0.29, 0.717) is 27.8 Å². The van der Waals surface area contributed by atoms with Crippen molar-refractivity contribution in [1.82, 2.24) is 4.98 Å². The minimum atomic E-state index is -0.430. The van der Waals surface area contributed by atoms with Gasteiger partial charge < -0.3 is 10.1 Å². The lowest BCUT2D eigenvalue weighted by Gasteiger charge is -2.25. The monoisotopic (exact) mass is 457 g/mol. The van der Waals surface area contributed by atoms with Crippen LogP contribution < -0.4 is 5.32 Å². The van der Waals surface area contributed by atoms with Crippen molar-refractivity contribution in [1.29, 1.82) is 5.26 Å². The lowest BCUT2D eigenvalue weighted by molar-refractivity contribution is -0.113. The number of nitriles is 1. The third-order valence-electron chi connectivity index (χ3n) is 5.67. The molecule has 3 aromatic rings. The maximum Gasteiger partial charge on any atom is 0.337 e. The van der Waals surface area contributed by atoms with Gasteiger partial charge >= 0.3 is 5.97 Å². The Bertz CT molecular complexity index is 1200. The predicted octanol–water partition coefficient (Wildman–Crippen LogP) is 4.74.